The highest BCUT2D eigenvalue weighted by Gasteiger charge is 2.40. The third kappa shape index (κ3) is 4.65. The van der Waals surface area contributed by atoms with Crippen molar-refractivity contribution in [2.24, 2.45) is 5.10 Å². The number of benzene rings is 3. The number of nitro groups is 1. The Morgan fingerprint density at radius 3 is 2.12 bits per heavy atom. The number of nitro benzene ring substituents is 1. The molecule has 3 aromatic rings. The predicted molar refractivity (Wildman–Crippen MR) is 121 cm³/mol. The van der Waals surface area contributed by atoms with Crippen LogP contribution in [0.5, 0.6) is 5.75 Å². The number of nitrogens with zero attached hydrogens (tertiary/aromatic N) is 2. The van der Waals surface area contributed by atoms with E-state index in [0.717, 1.165) is 0 Å². The highest BCUT2D eigenvalue weighted by molar-refractivity contribution is 6.00. The van der Waals surface area contributed by atoms with Crippen LogP contribution >= 0.6 is 0 Å². The van der Waals surface area contributed by atoms with Crippen LogP contribution in [0.4, 0.5) is 5.69 Å². The van der Waals surface area contributed by atoms with Crippen molar-refractivity contribution in [2.45, 2.75) is 19.4 Å². The van der Waals surface area contributed by atoms with Gasteiger partial charge in [-0.05, 0) is 37.1 Å². The first-order valence-corrected chi connectivity index (χ1v) is 9.97. The van der Waals surface area contributed by atoms with E-state index in [1.54, 1.807) is 80.6 Å². The molecule has 0 aliphatic rings. The first kappa shape index (κ1) is 22.6. The largest absolute Gasteiger partial charge is 0.487 e. The van der Waals surface area contributed by atoms with Crippen LogP contribution in [0.1, 0.15) is 30.5 Å². The lowest BCUT2D eigenvalue weighted by Gasteiger charge is -2.27. The fourth-order valence-corrected chi connectivity index (χ4v) is 3.23. The zero-order chi connectivity index (χ0) is 23.1. The van der Waals surface area contributed by atoms with E-state index in [1.807, 2.05) is 0 Å². The second-order valence-electron chi connectivity index (χ2n) is 6.95. The minimum atomic E-state index is -1.98. The van der Waals surface area contributed by atoms with Crippen molar-refractivity contribution < 1.29 is 19.6 Å². The van der Waals surface area contributed by atoms with Crippen LogP contribution in [0.3, 0.4) is 0 Å². The number of hydrogen-bond acceptors (Lipinski definition) is 6. The Morgan fingerprint density at radius 1 is 1.06 bits per heavy atom. The van der Waals surface area contributed by atoms with Gasteiger partial charge >= 0.3 is 5.69 Å². The molecule has 0 aliphatic heterocycles. The van der Waals surface area contributed by atoms with Gasteiger partial charge in [0.1, 0.15) is 0 Å². The maximum absolute atomic E-state index is 13.1. The summed E-state index contributed by atoms with van der Waals surface area (Å²) in [6.45, 7) is 3.63. The predicted octanol–water partition coefficient (Wildman–Crippen LogP) is 3.77. The lowest BCUT2D eigenvalue weighted by atomic mass is 9.85. The van der Waals surface area contributed by atoms with E-state index >= 15 is 0 Å². The van der Waals surface area contributed by atoms with Crippen LogP contribution in [0.2, 0.25) is 0 Å². The van der Waals surface area contributed by atoms with Crippen molar-refractivity contribution in [3.63, 3.8) is 0 Å². The molecule has 0 fully saturated rings. The fourth-order valence-electron chi connectivity index (χ4n) is 3.23. The van der Waals surface area contributed by atoms with E-state index in [9.17, 15) is 20.0 Å². The Hall–Kier alpha value is -4.04. The smallest absolute Gasteiger partial charge is 0.311 e. The second-order valence-corrected chi connectivity index (χ2v) is 6.95. The van der Waals surface area contributed by atoms with Gasteiger partial charge < -0.3 is 9.84 Å². The van der Waals surface area contributed by atoms with E-state index < -0.39 is 16.4 Å². The second kappa shape index (κ2) is 9.84. The van der Waals surface area contributed by atoms with Gasteiger partial charge in [-0.2, -0.15) is 5.10 Å². The molecule has 32 heavy (non-hydrogen) atoms. The summed E-state index contributed by atoms with van der Waals surface area (Å²) < 4.78 is 5.29. The summed E-state index contributed by atoms with van der Waals surface area (Å²) in [6.07, 6.45) is 0. The van der Waals surface area contributed by atoms with Gasteiger partial charge in [0, 0.05) is 11.6 Å². The van der Waals surface area contributed by atoms with Crippen molar-refractivity contribution in [3.05, 3.63) is 106 Å². The van der Waals surface area contributed by atoms with Crippen molar-refractivity contribution in [2.75, 3.05) is 6.61 Å². The van der Waals surface area contributed by atoms with Crippen LogP contribution in [0, 0.1) is 10.1 Å². The number of carbonyl (C=O) groups excluding carboxylic acids is 1. The van der Waals surface area contributed by atoms with E-state index in [1.165, 1.54) is 12.1 Å². The molecule has 0 unspecified atom stereocenters. The van der Waals surface area contributed by atoms with Gasteiger partial charge in [-0.15, -0.1) is 0 Å². The lowest BCUT2D eigenvalue weighted by molar-refractivity contribution is -0.385. The maximum atomic E-state index is 13.1. The minimum absolute atomic E-state index is 0.153. The summed E-state index contributed by atoms with van der Waals surface area (Å²) in [5, 5.41) is 26.9. The Bertz CT molecular complexity index is 1090. The van der Waals surface area contributed by atoms with Gasteiger partial charge in [-0.1, -0.05) is 60.7 Å². The molecular weight excluding hydrogens is 410 g/mol. The summed E-state index contributed by atoms with van der Waals surface area (Å²) in [7, 11) is 0. The number of carbonyl (C=O) groups is 1. The summed E-state index contributed by atoms with van der Waals surface area (Å²) in [6, 6.07) is 21.5. The molecule has 3 rings (SSSR count). The number of hydrogen-bond donors (Lipinski definition) is 2. The van der Waals surface area contributed by atoms with Crippen molar-refractivity contribution in [1.29, 1.82) is 0 Å². The van der Waals surface area contributed by atoms with Gasteiger partial charge in [0.2, 0.25) is 0 Å². The average Bonchev–Trinajstić information content (AvgIpc) is 2.83. The number of rotatable bonds is 8. The molecule has 164 valence electrons. The monoisotopic (exact) mass is 433 g/mol. The van der Waals surface area contributed by atoms with Crippen LogP contribution in [-0.4, -0.2) is 28.3 Å². The third-order valence-electron chi connectivity index (χ3n) is 4.91. The first-order chi connectivity index (χ1) is 15.4. The SMILES string of the molecule is CCOc1ccc(C(C)=NNC(=O)C(O)(c2ccccc2)c2ccccc2)cc1[N+](=O)[O-]. The summed E-state index contributed by atoms with van der Waals surface area (Å²) >= 11 is 0. The van der Waals surface area contributed by atoms with Gasteiger partial charge in [0.15, 0.2) is 11.4 Å². The first-order valence-electron chi connectivity index (χ1n) is 9.97. The Labute approximate surface area is 185 Å². The topological polar surface area (TPSA) is 114 Å². The molecule has 3 aromatic carbocycles. The molecule has 0 heterocycles. The molecule has 0 atom stereocenters. The average molecular weight is 433 g/mol. The number of hydrazone groups is 1. The molecule has 0 aromatic heterocycles. The maximum Gasteiger partial charge on any atom is 0.311 e. The molecule has 0 radical (unpaired) electrons. The molecule has 1 amide bonds. The van der Waals surface area contributed by atoms with Crippen molar-refractivity contribution in [3.8, 4) is 5.75 Å². The summed E-state index contributed by atoms with van der Waals surface area (Å²) in [5.41, 5.74) is 1.76. The molecule has 8 heteroatoms. The van der Waals surface area contributed by atoms with Crippen LogP contribution in [0.15, 0.2) is 84.0 Å². The van der Waals surface area contributed by atoms with Gasteiger partial charge in [0.25, 0.3) is 5.91 Å². The zero-order valence-corrected chi connectivity index (χ0v) is 17.7. The van der Waals surface area contributed by atoms with Gasteiger partial charge in [0.05, 0.1) is 17.2 Å². The number of aliphatic hydroxyl groups is 1. The van der Waals surface area contributed by atoms with Crippen LogP contribution in [-0.2, 0) is 10.4 Å². The molecule has 0 spiro atoms. The lowest BCUT2D eigenvalue weighted by Crippen LogP contribution is -2.43. The standard InChI is InChI=1S/C24H23N3O5/c1-3-32-22-15-14-18(16-21(22)27(30)31)17(2)25-26-23(28)24(29,19-10-6-4-7-11-19)20-12-8-5-9-13-20/h4-16,29H,3H2,1-2H3,(H,26,28). The van der Waals surface area contributed by atoms with Crippen LogP contribution in [0.25, 0.3) is 0 Å². The number of amides is 1. The van der Waals surface area contributed by atoms with E-state index in [2.05, 4.69) is 10.5 Å². The zero-order valence-electron chi connectivity index (χ0n) is 17.7. The summed E-state index contributed by atoms with van der Waals surface area (Å²) in [4.78, 5) is 23.9. The van der Waals surface area contributed by atoms with Crippen LogP contribution < -0.4 is 10.2 Å². The van der Waals surface area contributed by atoms with Crippen molar-refractivity contribution >= 4 is 17.3 Å². The normalized spacial score (nSPS) is 11.7. The molecule has 8 nitrogen and oxygen atoms in total. The van der Waals surface area contributed by atoms with Gasteiger partial charge in [-0.25, -0.2) is 5.43 Å². The Morgan fingerprint density at radius 2 is 1.62 bits per heavy atom. The fraction of sp³-hybridized carbons (Fsp3) is 0.167. The number of nitrogens with one attached hydrogen (secondary N) is 1. The van der Waals surface area contributed by atoms with E-state index in [4.69, 9.17) is 4.74 Å². The molecule has 0 saturated heterocycles. The third-order valence-corrected chi connectivity index (χ3v) is 4.91. The van der Waals surface area contributed by atoms with Gasteiger partial charge in [-0.3, -0.25) is 14.9 Å². The Balaban J connectivity index is 1.92. The molecule has 2 N–H and O–H groups in total. The summed E-state index contributed by atoms with van der Waals surface area (Å²) in [5.74, 6) is -0.602. The number of ether oxygens (including phenoxy) is 1. The highest BCUT2D eigenvalue weighted by Crippen LogP contribution is 2.30. The minimum Gasteiger partial charge on any atom is -0.487 e. The van der Waals surface area contributed by atoms with E-state index in [-0.39, 0.29) is 11.4 Å². The Kier molecular flexibility index (Phi) is 6.97. The van der Waals surface area contributed by atoms with Crippen molar-refractivity contribution in [1.82, 2.24) is 5.43 Å². The highest BCUT2D eigenvalue weighted by atomic mass is 16.6. The quantitative estimate of drug-likeness (QED) is 0.319. The molecule has 0 aliphatic carbocycles. The molecule has 0 saturated carbocycles. The molecule has 0 bridgehead atoms. The van der Waals surface area contributed by atoms with E-state index in [0.29, 0.717) is 29.0 Å². The molecular formula is C24H23N3O5.